The first-order valence-electron chi connectivity index (χ1n) is 8.73. The van der Waals surface area contributed by atoms with Gasteiger partial charge in [0, 0.05) is 24.9 Å². The van der Waals surface area contributed by atoms with Gasteiger partial charge in [0.05, 0.1) is 0 Å². The zero-order valence-electron chi connectivity index (χ0n) is 15.5. The summed E-state index contributed by atoms with van der Waals surface area (Å²) in [6, 6.07) is 14.5. The van der Waals surface area contributed by atoms with Crippen LogP contribution < -0.4 is 10.1 Å². The Morgan fingerprint density at radius 1 is 1.18 bits per heavy atom. The van der Waals surface area contributed by atoms with Crippen LogP contribution in [0.5, 0.6) is 5.75 Å². The van der Waals surface area contributed by atoms with Crippen LogP contribution >= 0.6 is 24.2 Å². The second-order valence-corrected chi connectivity index (χ2v) is 7.05. The van der Waals surface area contributed by atoms with Crippen LogP contribution in [0.4, 0.5) is 4.39 Å². The molecule has 0 aliphatic carbocycles. The first-order chi connectivity index (χ1) is 13.2. The summed E-state index contributed by atoms with van der Waals surface area (Å²) in [5.74, 6) is 1.45. The maximum Gasteiger partial charge on any atom is 0.209 e. The SMILES string of the molecule is Cl.Cn1nnnc1SCCCNCc1cccc(OCc2ccccc2F)c1. The van der Waals surface area contributed by atoms with Gasteiger partial charge in [0.2, 0.25) is 5.16 Å². The van der Waals surface area contributed by atoms with Crippen molar-refractivity contribution in [2.45, 2.75) is 24.7 Å². The Morgan fingerprint density at radius 2 is 2.04 bits per heavy atom. The predicted molar refractivity (Wildman–Crippen MR) is 110 cm³/mol. The Kier molecular flexibility index (Phi) is 9.19. The summed E-state index contributed by atoms with van der Waals surface area (Å²) in [4.78, 5) is 0. The smallest absolute Gasteiger partial charge is 0.209 e. The Hall–Kier alpha value is -2.16. The van der Waals surface area contributed by atoms with Crippen molar-refractivity contribution in [3.05, 3.63) is 65.5 Å². The summed E-state index contributed by atoms with van der Waals surface area (Å²) in [5.41, 5.74) is 1.68. The second-order valence-electron chi connectivity index (χ2n) is 5.99. The molecule has 0 aliphatic rings. The quantitative estimate of drug-likeness (QED) is 0.397. The van der Waals surface area contributed by atoms with E-state index < -0.39 is 0 Å². The molecule has 3 aromatic rings. The molecule has 0 spiro atoms. The lowest BCUT2D eigenvalue weighted by Crippen LogP contribution is -2.15. The highest BCUT2D eigenvalue weighted by atomic mass is 35.5. The maximum absolute atomic E-state index is 13.6. The Balaban J connectivity index is 0.00000280. The van der Waals surface area contributed by atoms with Crippen LogP contribution in [-0.4, -0.2) is 32.5 Å². The van der Waals surface area contributed by atoms with Crippen molar-refractivity contribution in [2.75, 3.05) is 12.3 Å². The van der Waals surface area contributed by atoms with Gasteiger partial charge in [0.1, 0.15) is 18.2 Å². The molecule has 1 heterocycles. The molecule has 0 radical (unpaired) electrons. The highest BCUT2D eigenvalue weighted by Gasteiger charge is 2.04. The Bertz CT molecular complexity index is 864. The van der Waals surface area contributed by atoms with Gasteiger partial charge in [0.15, 0.2) is 0 Å². The van der Waals surface area contributed by atoms with Crippen LogP contribution in [0.25, 0.3) is 0 Å². The zero-order valence-corrected chi connectivity index (χ0v) is 17.2. The summed E-state index contributed by atoms with van der Waals surface area (Å²) in [7, 11) is 1.84. The highest BCUT2D eigenvalue weighted by molar-refractivity contribution is 7.99. The van der Waals surface area contributed by atoms with Gasteiger partial charge in [-0.25, -0.2) is 9.07 Å². The molecule has 0 unspecified atom stereocenters. The van der Waals surface area contributed by atoms with Gasteiger partial charge < -0.3 is 10.1 Å². The maximum atomic E-state index is 13.6. The van der Waals surface area contributed by atoms with E-state index in [1.165, 1.54) is 6.07 Å². The molecule has 9 heteroatoms. The van der Waals surface area contributed by atoms with Gasteiger partial charge in [0.25, 0.3) is 0 Å². The summed E-state index contributed by atoms with van der Waals surface area (Å²) < 4.78 is 21.0. The van der Waals surface area contributed by atoms with Crippen molar-refractivity contribution in [1.29, 1.82) is 0 Å². The number of aryl methyl sites for hydroxylation is 1. The summed E-state index contributed by atoms with van der Waals surface area (Å²) in [6.07, 6.45) is 1.01. The summed E-state index contributed by atoms with van der Waals surface area (Å²) >= 11 is 1.64. The number of tetrazole rings is 1. The number of nitrogens with one attached hydrogen (secondary N) is 1. The van der Waals surface area contributed by atoms with E-state index in [0.29, 0.717) is 5.56 Å². The van der Waals surface area contributed by atoms with Gasteiger partial charge in [-0.3, -0.25) is 0 Å². The molecule has 150 valence electrons. The number of ether oxygens (including phenoxy) is 1. The number of hydrogen-bond acceptors (Lipinski definition) is 6. The molecular formula is C19H23ClFN5OS. The molecule has 0 saturated carbocycles. The predicted octanol–water partition coefficient (Wildman–Crippen LogP) is 3.62. The standard InChI is InChI=1S/C19H22FN5OS.ClH/c1-25-19(22-23-24-25)27-11-5-10-21-13-15-6-4-8-17(12-15)26-14-16-7-2-3-9-18(16)20;/h2-4,6-9,12,21H,5,10-11,13-14H2,1H3;1H. The molecule has 0 atom stereocenters. The van der Waals surface area contributed by atoms with E-state index in [-0.39, 0.29) is 24.8 Å². The van der Waals surface area contributed by atoms with Crippen LogP contribution in [-0.2, 0) is 20.2 Å². The Labute approximate surface area is 174 Å². The molecule has 0 aliphatic heterocycles. The third-order valence-electron chi connectivity index (χ3n) is 3.89. The number of nitrogens with zero attached hydrogens (tertiary/aromatic N) is 4. The van der Waals surface area contributed by atoms with Gasteiger partial charge in [-0.2, -0.15) is 0 Å². The molecule has 0 fully saturated rings. The van der Waals surface area contributed by atoms with Crippen LogP contribution in [0.2, 0.25) is 0 Å². The topological polar surface area (TPSA) is 64.9 Å². The van der Waals surface area contributed by atoms with E-state index in [2.05, 4.69) is 20.8 Å². The fourth-order valence-corrected chi connectivity index (χ4v) is 3.25. The fourth-order valence-electron chi connectivity index (χ4n) is 2.46. The molecule has 0 saturated heterocycles. The normalized spacial score (nSPS) is 10.5. The van der Waals surface area contributed by atoms with Gasteiger partial charge >= 0.3 is 0 Å². The second kappa shape index (κ2) is 11.6. The zero-order chi connectivity index (χ0) is 18.9. The van der Waals surface area contributed by atoms with Crippen LogP contribution in [0.15, 0.2) is 53.7 Å². The average Bonchev–Trinajstić information content (AvgIpc) is 3.09. The van der Waals surface area contributed by atoms with Crippen molar-refractivity contribution in [2.24, 2.45) is 7.05 Å². The van der Waals surface area contributed by atoms with Crippen molar-refractivity contribution < 1.29 is 9.13 Å². The highest BCUT2D eigenvalue weighted by Crippen LogP contribution is 2.17. The first-order valence-corrected chi connectivity index (χ1v) is 9.72. The lowest BCUT2D eigenvalue weighted by atomic mass is 10.2. The molecule has 0 bridgehead atoms. The number of halogens is 2. The van der Waals surface area contributed by atoms with Crippen molar-refractivity contribution in [1.82, 2.24) is 25.5 Å². The minimum absolute atomic E-state index is 0. The number of aromatic nitrogens is 4. The molecule has 2 aromatic carbocycles. The average molecular weight is 424 g/mol. The number of thioether (sulfide) groups is 1. The van der Waals surface area contributed by atoms with Gasteiger partial charge in [-0.05, 0) is 47.2 Å². The molecule has 3 rings (SSSR count). The van der Waals surface area contributed by atoms with Gasteiger partial charge in [-0.1, -0.05) is 42.1 Å². The van der Waals surface area contributed by atoms with E-state index in [1.54, 1.807) is 34.6 Å². The Morgan fingerprint density at radius 3 is 2.82 bits per heavy atom. The number of benzene rings is 2. The lowest BCUT2D eigenvalue weighted by molar-refractivity contribution is 0.299. The minimum atomic E-state index is -0.245. The molecular weight excluding hydrogens is 401 g/mol. The number of hydrogen-bond donors (Lipinski definition) is 1. The molecule has 6 nitrogen and oxygen atoms in total. The summed E-state index contributed by atoms with van der Waals surface area (Å²) in [6.45, 7) is 1.88. The lowest BCUT2D eigenvalue weighted by Gasteiger charge is -2.09. The van der Waals surface area contributed by atoms with Crippen molar-refractivity contribution in [3.63, 3.8) is 0 Å². The monoisotopic (exact) mass is 423 g/mol. The van der Waals surface area contributed by atoms with E-state index in [0.717, 1.165) is 41.7 Å². The van der Waals surface area contributed by atoms with Crippen LogP contribution in [0.3, 0.4) is 0 Å². The molecule has 0 amide bonds. The van der Waals surface area contributed by atoms with E-state index in [9.17, 15) is 4.39 Å². The number of rotatable bonds is 10. The molecule has 1 aromatic heterocycles. The van der Waals surface area contributed by atoms with Crippen molar-refractivity contribution >= 4 is 24.2 Å². The van der Waals surface area contributed by atoms with E-state index >= 15 is 0 Å². The van der Waals surface area contributed by atoms with Crippen LogP contribution in [0.1, 0.15) is 17.5 Å². The molecule has 28 heavy (non-hydrogen) atoms. The largest absolute Gasteiger partial charge is 0.489 e. The van der Waals surface area contributed by atoms with Crippen LogP contribution in [0, 0.1) is 5.82 Å². The molecule has 1 N–H and O–H groups in total. The first kappa shape index (κ1) is 22.1. The third-order valence-corrected chi connectivity index (χ3v) is 4.99. The van der Waals surface area contributed by atoms with Gasteiger partial charge in [-0.15, -0.1) is 17.5 Å². The fraction of sp³-hybridized carbons (Fsp3) is 0.316. The summed E-state index contributed by atoms with van der Waals surface area (Å²) in [5, 5.41) is 15.6. The van der Waals surface area contributed by atoms with E-state index in [1.807, 2.05) is 31.3 Å². The minimum Gasteiger partial charge on any atom is -0.489 e. The third kappa shape index (κ3) is 6.78. The van der Waals surface area contributed by atoms with Crippen molar-refractivity contribution in [3.8, 4) is 5.75 Å². The van der Waals surface area contributed by atoms with E-state index in [4.69, 9.17) is 4.74 Å².